The molecule has 2 aromatic rings. The number of carbonyl (C=O) groups is 1. The molecular formula is C19H16BrClN2O2S. The van der Waals surface area contributed by atoms with Crippen molar-refractivity contribution in [1.82, 2.24) is 9.80 Å². The van der Waals surface area contributed by atoms with Crippen LogP contribution in [0.1, 0.15) is 11.1 Å². The van der Waals surface area contributed by atoms with Gasteiger partial charge < -0.3 is 9.64 Å². The van der Waals surface area contributed by atoms with E-state index in [0.717, 1.165) is 15.6 Å². The van der Waals surface area contributed by atoms with Crippen LogP contribution in [0.15, 0.2) is 52.6 Å². The summed E-state index contributed by atoms with van der Waals surface area (Å²) < 4.78 is 6.86. The molecule has 134 valence electrons. The number of benzene rings is 2. The maximum absolute atomic E-state index is 12.4. The van der Waals surface area contributed by atoms with Gasteiger partial charge in [-0.25, -0.2) is 0 Å². The number of likely N-dealkylation sites (N-methyl/N-ethyl adjacent to an activating group) is 2. The molecule has 4 nitrogen and oxygen atoms in total. The summed E-state index contributed by atoms with van der Waals surface area (Å²) in [7, 11) is 3.45. The number of nitrogens with zero attached hydrogens (tertiary/aromatic N) is 2. The van der Waals surface area contributed by atoms with Crippen LogP contribution in [0.5, 0.6) is 5.75 Å². The summed E-state index contributed by atoms with van der Waals surface area (Å²) in [6.45, 7) is 0.400. The molecular weight excluding hydrogens is 436 g/mol. The summed E-state index contributed by atoms with van der Waals surface area (Å²) in [6.07, 6.45) is 1.79. The summed E-state index contributed by atoms with van der Waals surface area (Å²) in [5.41, 5.74) is 2.31. The van der Waals surface area contributed by atoms with Gasteiger partial charge in [0.25, 0.3) is 5.91 Å². The Hall–Kier alpha value is -1.89. The first-order valence-electron chi connectivity index (χ1n) is 7.81. The molecule has 0 radical (unpaired) electrons. The van der Waals surface area contributed by atoms with E-state index >= 15 is 0 Å². The van der Waals surface area contributed by atoms with E-state index in [4.69, 9.17) is 28.6 Å². The normalized spacial score (nSPS) is 15.9. The van der Waals surface area contributed by atoms with Crippen LogP contribution in [0, 0.1) is 0 Å². The van der Waals surface area contributed by atoms with Gasteiger partial charge in [0.15, 0.2) is 5.11 Å². The third kappa shape index (κ3) is 3.92. The van der Waals surface area contributed by atoms with Gasteiger partial charge in [0.05, 0.1) is 0 Å². The van der Waals surface area contributed by atoms with Crippen LogP contribution in [-0.4, -0.2) is 34.9 Å². The molecule has 3 rings (SSSR count). The van der Waals surface area contributed by atoms with Crippen LogP contribution in [0.25, 0.3) is 6.08 Å². The number of amides is 1. The standard InChI is InChI=1S/C19H16BrClN2O2S/c1-22-16(18(24)23(2)19(22)26)10-13-9-14(20)5-8-17(13)25-11-12-3-6-15(21)7-4-12/h3-10H,11H2,1-2H3/b16-10-. The number of carbonyl (C=O) groups excluding carboxylic acids is 1. The van der Waals surface area contributed by atoms with Crippen LogP contribution in [0.2, 0.25) is 5.02 Å². The van der Waals surface area contributed by atoms with Crippen molar-refractivity contribution in [3.05, 3.63) is 68.8 Å². The first-order chi connectivity index (χ1) is 12.4. The molecule has 1 heterocycles. The Bertz CT molecular complexity index is 899. The van der Waals surface area contributed by atoms with E-state index in [-0.39, 0.29) is 5.91 Å². The van der Waals surface area contributed by atoms with E-state index in [0.29, 0.717) is 28.2 Å². The molecule has 1 aliphatic rings. The second-order valence-electron chi connectivity index (χ2n) is 5.83. The van der Waals surface area contributed by atoms with Gasteiger partial charge in [-0.2, -0.15) is 0 Å². The van der Waals surface area contributed by atoms with Crippen LogP contribution < -0.4 is 4.74 Å². The van der Waals surface area contributed by atoms with Gasteiger partial charge in [-0.05, 0) is 54.2 Å². The molecule has 0 atom stereocenters. The van der Waals surface area contributed by atoms with Gasteiger partial charge in [-0.15, -0.1) is 0 Å². The third-order valence-corrected chi connectivity index (χ3v) is 5.32. The number of ether oxygens (including phenoxy) is 1. The average Bonchev–Trinajstić information content (AvgIpc) is 2.80. The zero-order chi connectivity index (χ0) is 18.8. The first-order valence-corrected chi connectivity index (χ1v) is 9.39. The number of rotatable bonds is 4. The van der Waals surface area contributed by atoms with E-state index in [1.807, 2.05) is 42.5 Å². The van der Waals surface area contributed by atoms with Crippen molar-refractivity contribution in [2.24, 2.45) is 0 Å². The monoisotopic (exact) mass is 450 g/mol. The Morgan fingerprint density at radius 2 is 1.85 bits per heavy atom. The molecule has 1 aliphatic heterocycles. The fraction of sp³-hybridized carbons (Fsp3) is 0.158. The minimum absolute atomic E-state index is 0.138. The maximum Gasteiger partial charge on any atom is 0.276 e. The van der Waals surface area contributed by atoms with Crippen LogP contribution in [-0.2, 0) is 11.4 Å². The fourth-order valence-corrected chi connectivity index (χ4v) is 3.23. The van der Waals surface area contributed by atoms with Crippen molar-refractivity contribution < 1.29 is 9.53 Å². The highest BCUT2D eigenvalue weighted by molar-refractivity contribution is 9.10. The van der Waals surface area contributed by atoms with E-state index < -0.39 is 0 Å². The van der Waals surface area contributed by atoms with Gasteiger partial charge in [-0.1, -0.05) is 39.7 Å². The lowest BCUT2D eigenvalue weighted by molar-refractivity contribution is -0.121. The van der Waals surface area contributed by atoms with Gasteiger partial charge in [0, 0.05) is 29.2 Å². The number of thiocarbonyl (C=S) groups is 1. The molecule has 26 heavy (non-hydrogen) atoms. The predicted octanol–water partition coefficient (Wildman–Crippen LogP) is 4.71. The molecule has 0 saturated carbocycles. The zero-order valence-corrected chi connectivity index (χ0v) is 17.4. The lowest BCUT2D eigenvalue weighted by Crippen LogP contribution is -2.26. The Morgan fingerprint density at radius 1 is 1.15 bits per heavy atom. The molecule has 0 aliphatic carbocycles. The molecule has 1 amide bonds. The maximum atomic E-state index is 12.4. The Morgan fingerprint density at radius 3 is 2.46 bits per heavy atom. The summed E-state index contributed by atoms with van der Waals surface area (Å²) in [5.74, 6) is 0.540. The molecule has 1 fully saturated rings. The third-order valence-electron chi connectivity index (χ3n) is 4.03. The van der Waals surface area contributed by atoms with Gasteiger partial charge in [0.1, 0.15) is 18.1 Å². The van der Waals surface area contributed by atoms with Crippen molar-refractivity contribution in [3.8, 4) is 5.75 Å². The topological polar surface area (TPSA) is 32.8 Å². The van der Waals surface area contributed by atoms with Gasteiger partial charge >= 0.3 is 0 Å². The Kier molecular flexibility index (Phi) is 5.65. The number of hydrogen-bond donors (Lipinski definition) is 0. The highest BCUT2D eigenvalue weighted by Crippen LogP contribution is 2.29. The van der Waals surface area contributed by atoms with E-state index in [1.54, 1.807) is 25.1 Å². The minimum atomic E-state index is -0.138. The lowest BCUT2D eigenvalue weighted by atomic mass is 10.1. The Labute approximate surface area is 171 Å². The van der Waals surface area contributed by atoms with E-state index in [2.05, 4.69) is 15.9 Å². The van der Waals surface area contributed by atoms with E-state index in [1.165, 1.54) is 4.90 Å². The van der Waals surface area contributed by atoms with Crippen molar-refractivity contribution in [2.75, 3.05) is 14.1 Å². The zero-order valence-electron chi connectivity index (χ0n) is 14.2. The van der Waals surface area contributed by atoms with Crippen molar-refractivity contribution in [3.63, 3.8) is 0 Å². The van der Waals surface area contributed by atoms with Crippen LogP contribution in [0.3, 0.4) is 0 Å². The van der Waals surface area contributed by atoms with Crippen molar-refractivity contribution >= 4 is 56.8 Å². The van der Waals surface area contributed by atoms with Gasteiger partial charge in [-0.3, -0.25) is 9.69 Å². The molecule has 0 spiro atoms. The lowest BCUT2D eigenvalue weighted by Gasteiger charge is -2.13. The molecule has 1 saturated heterocycles. The second-order valence-corrected chi connectivity index (χ2v) is 7.55. The second kappa shape index (κ2) is 7.78. The minimum Gasteiger partial charge on any atom is -0.488 e. The Balaban J connectivity index is 1.89. The number of halogens is 2. The number of hydrogen-bond acceptors (Lipinski definition) is 3. The van der Waals surface area contributed by atoms with Crippen molar-refractivity contribution in [2.45, 2.75) is 6.61 Å². The van der Waals surface area contributed by atoms with Crippen LogP contribution in [0.4, 0.5) is 0 Å². The highest BCUT2D eigenvalue weighted by Gasteiger charge is 2.32. The molecule has 0 unspecified atom stereocenters. The largest absolute Gasteiger partial charge is 0.488 e. The average molecular weight is 452 g/mol. The predicted molar refractivity (Wildman–Crippen MR) is 111 cm³/mol. The van der Waals surface area contributed by atoms with Crippen LogP contribution >= 0.6 is 39.7 Å². The first kappa shape index (κ1) is 18.9. The highest BCUT2D eigenvalue weighted by atomic mass is 79.9. The van der Waals surface area contributed by atoms with E-state index in [9.17, 15) is 4.79 Å². The summed E-state index contributed by atoms with van der Waals surface area (Å²) in [5, 5.41) is 1.16. The van der Waals surface area contributed by atoms with Crippen molar-refractivity contribution in [1.29, 1.82) is 0 Å². The SMILES string of the molecule is CN1C(=O)/C(=C/c2cc(Br)ccc2OCc2ccc(Cl)cc2)N(C)C1=S. The molecule has 0 aromatic heterocycles. The quantitative estimate of drug-likeness (QED) is 0.498. The molecule has 0 N–H and O–H groups in total. The van der Waals surface area contributed by atoms with Gasteiger partial charge in [0.2, 0.25) is 0 Å². The molecule has 7 heteroatoms. The fourth-order valence-electron chi connectivity index (χ4n) is 2.54. The molecule has 2 aromatic carbocycles. The smallest absolute Gasteiger partial charge is 0.276 e. The molecule has 0 bridgehead atoms. The summed E-state index contributed by atoms with van der Waals surface area (Å²) >= 11 is 14.6. The summed E-state index contributed by atoms with van der Waals surface area (Å²) in [4.78, 5) is 15.5. The summed E-state index contributed by atoms with van der Waals surface area (Å²) in [6, 6.07) is 13.2.